The first kappa shape index (κ1) is 14.6. The molecule has 2 bridgehead atoms. The number of nitrogens with one attached hydrogen (secondary N) is 1. The van der Waals surface area contributed by atoms with Crippen molar-refractivity contribution in [2.75, 3.05) is 33.2 Å². The van der Waals surface area contributed by atoms with Crippen LogP contribution in [0.4, 0.5) is 4.79 Å². The molecule has 4 atom stereocenters. The lowest BCUT2D eigenvalue weighted by atomic mass is 9.84. The van der Waals surface area contributed by atoms with Crippen LogP contribution < -0.4 is 5.32 Å². The highest BCUT2D eigenvalue weighted by atomic mass is 16.4. The van der Waals surface area contributed by atoms with Gasteiger partial charge < -0.3 is 20.2 Å². The Morgan fingerprint density at radius 2 is 1.86 bits per heavy atom. The molecule has 3 aliphatic rings. The summed E-state index contributed by atoms with van der Waals surface area (Å²) in [6.45, 7) is 3.37. The maximum atomic E-state index is 12.5. The van der Waals surface area contributed by atoms with Crippen LogP contribution in [-0.2, 0) is 4.79 Å². The van der Waals surface area contributed by atoms with Gasteiger partial charge in [0.05, 0.1) is 5.92 Å². The molecule has 6 heteroatoms. The number of hydrogen-bond acceptors (Lipinski definition) is 3. The fourth-order valence-corrected chi connectivity index (χ4v) is 4.34. The van der Waals surface area contributed by atoms with Gasteiger partial charge in [-0.1, -0.05) is 0 Å². The maximum Gasteiger partial charge on any atom is 0.317 e. The molecule has 118 valence electrons. The quantitative estimate of drug-likeness (QED) is 0.791. The lowest BCUT2D eigenvalue weighted by Crippen LogP contribution is -2.52. The normalized spacial score (nSPS) is 36.5. The van der Waals surface area contributed by atoms with E-state index in [9.17, 15) is 14.7 Å². The second-order valence-electron chi connectivity index (χ2n) is 6.82. The second kappa shape index (κ2) is 5.83. The lowest BCUT2D eigenvalue weighted by Gasteiger charge is -2.31. The van der Waals surface area contributed by atoms with Gasteiger partial charge in [-0.05, 0) is 51.1 Å². The van der Waals surface area contributed by atoms with Crippen molar-refractivity contribution < 1.29 is 14.7 Å². The fraction of sp³-hybridized carbons (Fsp3) is 0.867. The van der Waals surface area contributed by atoms with Gasteiger partial charge in [0.25, 0.3) is 0 Å². The largest absolute Gasteiger partial charge is 0.481 e. The monoisotopic (exact) mass is 295 g/mol. The Bertz CT molecular complexity index is 428. The molecule has 0 aromatic rings. The number of hydrogen-bond donors (Lipinski definition) is 2. The summed E-state index contributed by atoms with van der Waals surface area (Å²) in [5.74, 6) is -0.520. The van der Waals surface area contributed by atoms with E-state index in [1.165, 1.54) is 0 Å². The van der Waals surface area contributed by atoms with Gasteiger partial charge in [-0.2, -0.15) is 0 Å². The zero-order valence-electron chi connectivity index (χ0n) is 12.6. The number of carbonyl (C=O) groups excluding carboxylic acids is 1. The molecule has 0 aromatic carbocycles. The number of carbonyl (C=O) groups is 2. The number of fused-ring (bicyclic) bond motifs is 2. The smallest absolute Gasteiger partial charge is 0.317 e. The van der Waals surface area contributed by atoms with Crippen LogP contribution in [0.2, 0.25) is 0 Å². The van der Waals surface area contributed by atoms with Crippen molar-refractivity contribution in [3.05, 3.63) is 0 Å². The molecule has 3 rings (SSSR count). The van der Waals surface area contributed by atoms with E-state index in [2.05, 4.69) is 17.3 Å². The fourth-order valence-electron chi connectivity index (χ4n) is 4.34. The van der Waals surface area contributed by atoms with Crippen LogP contribution in [0.25, 0.3) is 0 Å². The van der Waals surface area contributed by atoms with E-state index in [0.717, 1.165) is 51.9 Å². The highest BCUT2D eigenvalue weighted by Crippen LogP contribution is 2.48. The molecule has 6 nitrogen and oxygen atoms in total. The zero-order chi connectivity index (χ0) is 15.0. The predicted molar refractivity (Wildman–Crippen MR) is 78.0 cm³/mol. The molecule has 2 aliphatic carbocycles. The number of carboxylic acid groups (broad SMARTS) is 1. The van der Waals surface area contributed by atoms with Crippen LogP contribution in [-0.4, -0.2) is 66.2 Å². The third-order valence-corrected chi connectivity index (χ3v) is 5.50. The molecule has 1 aliphatic heterocycles. The molecule has 4 unspecified atom stereocenters. The van der Waals surface area contributed by atoms with Gasteiger partial charge in [-0.3, -0.25) is 4.79 Å². The van der Waals surface area contributed by atoms with Crippen molar-refractivity contribution in [3.63, 3.8) is 0 Å². The molecule has 0 radical (unpaired) electrons. The number of amides is 2. The summed E-state index contributed by atoms with van der Waals surface area (Å²) >= 11 is 0. The van der Waals surface area contributed by atoms with Crippen molar-refractivity contribution in [2.45, 2.75) is 31.7 Å². The Kier molecular flexibility index (Phi) is 4.06. The van der Waals surface area contributed by atoms with Crippen molar-refractivity contribution >= 4 is 12.0 Å². The topological polar surface area (TPSA) is 72.9 Å². The molecule has 2 N–H and O–H groups in total. The minimum Gasteiger partial charge on any atom is -0.481 e. The lowest BCUT2D eigenvalue weighted by molar-refractivity contribution is -0.144. The zero-order valence-corrected chi connectivity index (χ0v) is 12.6. The third-order valence-electron chi connectivity index (χ3n) is 5.50. The average Bonchev–Trinajstić information content (AvgIpc) is 2.96. The molecule has 21 heavy (non-hydrogen) atoms. The second-order valence-corrected chi connectivity index (χ2v) is 6.82. The van der Waals surface area contributed by atoms with E-state index in [-0.39, 0.29) is 23.9 Å². The van der Waals surface area contributed by atoms with E-state index in [1.807, 2.05) is 4.90 Å². The Balaban J connectivity index is 1.62. The molecule has 0 spiro atoms. The van der Waals surface area contributed by atoms with Gasteiger partial charge in [0, 0.05) is 25.7 Å². The molecular weight excluding hydrogens is 270 g/mol. The summed E-state index contributed by atoms with van der Waals surface area (Å²) in [7, 11) is 2.07. The molecule has 2 saturated carbocycles. The first-order valence-corrected chi connectivity index (χ1v) is 8.03. The van der Waals surface area contributed by atoms with E-state index < -0.39 is 5.97 Å². The summed E-state index contributed by atoms with van der Waals surface area (Å²) in [6, 6.07) is -0.246. The van der Waals surface area contributed by atoms with Gasteiger partial charge in [-0.25, -0.2) is 4.79 Å². The number of carboxylic acids is 1. The average molecular weight is 295 g/mol. The van der Waals surface area contributed by atoms with Gasteiger partial charge in [0.1, 0.15) is 0 Å². The molecular formula is C15H25N3O3. The Morgan fingerprint density at radius 1 is 1.10 bits per heavy atom. The maximum absolute atomic E-state index is 12.5. The first-order valence-electron chi connectivity index (χ1n) is 8.03. The van der Waals surface area contributed by atoms with Gasteiger partial charge in [0.15, 0.2) is 0 Å². The van der Waals surface area contributed by atoms with E-state index in [4.69, 9.17) is 0 Å². The summed E-state index contributed by atoms with van der Waals surface area (Å²) in [4.78, 5) is 28.0. The van der Waals surface area contributed by atoms with E-state index in [0.29, 0.717) is 5.92 Å². The van der Waals surface area contributed by atoms with E-state index in [1.54, 1.807) is 0 Å². The summed E-state index contributed by atoms with van der Waals surface area (Å²) in [6.07, 6.45) is 4.00. The number of aliphatic carboxylic acids is 1. The van der Waals surface area contributed by atoms with Crippen molar-refractivity contribution in [1.29, 1.82) is 0 Å². The van der Waals surface area contributed by atoms with Gasteiger partial charge >= 0.3 is 12.0 Å². The Hall–Kier alpha value is -1.30. The first-order chi connectivity index (χ1) is 10.1. The highest BCUT2D eigenvalue weighted by molar-refractivity contribution is 5.77. The van der Waals surface area contributed by atoms with Crippen molar-refractivity contribution in [1.82, 2.24) is 15.1 Å². The van der Waals surface area contributed by atoms with Crippen molar-refractivity contribution in [3.8, 4) is 0 Å². The van der Waals surface area contributed by atoms with Crippen LogP contribution in [0.5, 0.6) is 0 Å². The molecule has 0 aromatic heterocycles. The molecule has 2 amide bonds. The number of rotatable bonds is 2. The Morgan fingerprint density at radius 3 is 2.62 bits per heavy atom. The van der Waals surface area contributed by atoms with Crippen LogP contribution in [0, 0.1) is 17.8 Å². The molecule has 1 heterocycles. The van der Waals surface area contributed by atoms with Gasteiger partial charge in [-0.15, -0.1) is 0 Å². The minimum absolute atomic E-state index is 0.0749. The third kappa shape index (κ3) is 2.86. The summed E-state index contributed by atoms with van der Waals surface area (Å²) in [5.41, 5.74) is 0. The van der Waals surface area contributed by atoms with Gasteiger partial charge in [0.2, 0.25) is 0 Å². The number of nitrogens with zero attached hydrogens (tertiary/aromatic N) is 2. The highest BCUT2D eigenvalue weighted by Gasteiger charge is 2.51. The van der Waals surface area contributed by atoms with Crippen LogP contribution in [0.15, 0.2) is 0 Å². The van der Waals surface area contributed by atoms with E-state index >= 15 is 0 Å². The minimum atomic E-state index is -0.747. The van der Waals surface area contributed by atoms with Crippen LogP contribution in [0.3, 0.4) is 0 Å². The molecule has 1 saturated heterocycles. The van der Waals surface area contributed by atoms with Crippen molar-refractivity contribution in [2.24, 2.45) is 17.8 Å². The summed E-state index contributed by atoms with van der Waals surface area (Å²) < 4.78 is 0. The predicted octanol–water partition coefficient (Wildman–Crippen LogP) is 0.833. The SMILES string of the molecule is CN1CCCN(C(=O)NC2C3CCC(C3)C2C(=O)O)CC1. The van der Waals surface area contributed by atoms with Crippen LogP contribution in [0.1, 0.15) is 25.7 Å². The standard InChI is InChI=1S/C15H25N3O3/c1-17-5-2-6-18(8-7-17)15(21)16-13-11-4-3-10(9-11)12(13)14(19)20/h10-13H,2-9H2,1H3,(H,16,21)(H,19,20). The molecule has 3 fully saturated rings. The number of likely N-dealkylation sites (N-methyl/N-ethyl adjacent to an activating group) is 1. The number of urea groups is 1. The van der Waals surface area contributed by atoms with Crippen LogP contribution >= 0.6 is 0 Å². The summed E-state index contributed by atoms with van der Waals surface area (Å²) in [5, 5.41) is 12.5. The Labute approximate surface area is 125 Å².